The summed E-state index contributed by atoms with van der Waals surface area (Å²) in [5.74, 6) is -0.363. The Hall–Kier alpha value is -1.12. The number of fused-ring (bicyclic) bond motifs is 2. The Morgan fingerprint density at radius 2 is 1.93 bits per heavy atom. The van der Waals surface area contributed by atoms with E-state index >= 15 is 0 Å². The number of sulfonamides is 1. The highest BCUT2D eigenvalue weighted by molar-refractivity contribution is 7.89. The zero-order valence-corrected chi connectivity index (χ0v) is 18.0. The standard InChI is InChI=1S/C19H24Cl2N2O4S/c1-3-13-12-22(7-8-27-2)19(24)18-6-4-5-17(13)23(18)28(25,26)16-10-14(20)9-15(21)11-16/h3,9-11,13,17-18H,1,4-8,12H2,2H3/t13-,17?,18?/m0/s1. The SMILES string of the molecule is C=C[C@H]1CN(CCOC)C(=O)C2CCCC1N2S(=O)(=O)c1cc(Cl)cc(Cl)c1. The number of carbonyl (C=O) groups excluding carboxylic acids is 1. The first-order chi connectivity index (χ1) is 13.3. The van der Waals surface area contributed by atoms with Crippen molar-refractivity contribution in [3.8, 4) is 0 Å². The zero-order valence-electron chi connectivity index (χ0n) is 15.7. The number of hydrogen-bond donors (Lipinski definition) is 0. The lowest BCUT2D eigenvalue weighted by molar-refractivity contribution is -0.135. The van der Waals surface area contributed by atoms with Crippen molar-refractivity contribution in [1.82, 2.24) is 9.21 Å². The van der Waals surface area contributed by atoms with Gasteiger partial charge in [0.05, 0.1) is 11.5 Å². The molecule has 0 aromatic heterocycles. The lowest BCUT2D eigenvalue weighted by Gasteiger charge is -2.40. The molecule has 6 nitrogen and oxygen atoms in total. The Bertz CT molecular complexity index is 841. The highest BCUT2D eigenvalue weighted by atomic mass is 35.5. The summed E-state index contributed by atoms with van der Waals surface area (Å²) in [7, 11) is -2.40. The summed E-state index contributed by atoms with van der Waals surface area (Å²) in [6.45, 7) is 5.13. The second-order valence-electron chi connectivity index (χ2n) is 7.13. The number of halogens is 2. The van der Waals surface area contributed by atoms with Crippen molar-refractivity contribution >= 4 is 39.1 Å². The van der Waals surface area contributed by atoms with Crippen molar-refractivity contribution in [2.45, 2.75) is 36.2 Å². The molecule has 2 bridgehead atoms. The third kappa shape index (κ3) is 4.09. The van der Waals surface area contributed by atoms with E-state index < -0.39 is 16.1 Å². The van der Waals surface area contributed by atoms with Crippen molar-refractivity contribution in [2.75, 3.05) is 26.8 Å². The predicted molar refractivity (Wildman–Crippen MR) is 109 cm³/mol. The van der Waals surface area contributed by atoms with Gasteiger partial charge in [0.2, 0.25) is 15.9 Å². The number of amides is 1. The van der Waals surface area contributed by atoms with Crippen LogP contribution in [-0.2, 0) is 19.6 Å². The van der Waals surface area contributed by atoms with Gasteiger partial charge in [0, 0.05) is 42.2 Å². The molecule has 0 spiro atoms. The third-order valence-electron chi connectivity index (χ3n) is 5.41. The molecule has 0 radical (unpaired) electrons. The largest absolute Gasteiger partial charge is 0.383 e. The Morgan fingerprint density at radius 3 is 2.54 bits per heavy atom. The van der Waals surface area contributed by atoms with E-state index in [9.17, 15) is 13.2 Å². The van der Waals surface area contributed by atoms with Gasteiger partial charge >= 0.3 is 0 Å². The van der Waals surface area contributed by atoms with Crippen molar-refractivity contribution in [3.63, 3.8) is 0 Å². The number of piperidine rings is 1. The molecule has 2 unspecified atom stereocenters. The zero-order chi connectivity index (χ0) is 20.5. The molecule has 0 N–H and O–H groups in total. The van der Waals surface area contributed by atoms with Crippen LogP contribution in [0.4, 0.5) is 0 Å². The molecule has 2 heterocycles. The van der Waals surface area contributed by atoms with E-state index in [1.165, 1.54) is 22.5 Å². The number of carbonyl (C=O) groups is 1. The first-order valence-electron chi connectivity index (χ1n) is 9.19. The van der Waals surface area contributed by atoms with Gasteiger partial charge in [0.1, 0.15) is 6.04 Å². The average Bonchev–Trinajstić information content (AvgIpc) is 2.72. The quantitative estimate of drug-likeness (QED) is 0.629. The molecule has 2 fully saturated rings. The van der Waals surface area contributed by atoms with Gasteiger partial charge in [-0.25, -0.2) is 8.42 Å². The summed E-state index contributed by atoms with van der Waals surface area (Å²) >= 11 is 12.1. The van der Waals surface area contributed by atoms with Gasteiger partial charge in [-0.2, -0.15) is 4.31 Å². The van der Waals surface area contributed by atoms with Gasteiger partial charge in [-0.05, 0) is 37.5 Å². The minimum Gasteiger partial charge on any atom is -0.383 e. The first-order valence-corrected chi connectivity index (χ1v) is 11.4. The summed E-state index contributed by atoms with van der Waals surface area (Å²) in [6, 6.07) is 3.15. The van der Waals surface area contributed by atoms with Gasteiger partial charge < -0.3 is 9.64 Å². The van der Waals surface area contributed by atoms with E-state index in [0.717, 1.165) is 6.42 Å². The van der Waals surface area contributed by atoms with Crippen LogP contribution in [0.5, 0.6) is 0 Å². The summed E-state index contributed by atoms with van der Waals surface area (Å²) in [6.07, 6.45) is 3.69. The number of hydrogen-bond acceptors (Lipinski definition) is 4. The molecule has 1 aromatic rings. The van der Waals surface area contributed by atoms with E-state index in [1.807, 2.05) is 0 Å². The second-order valence-corrected chi connectivity index (χ2v) is 9.85. The fourth-order valence-electron chi connectivity index (χ4n) is 4.10. The Kier molecular flexibility index (Phi) is 6.72. The van der Waals surface area contributed by atoms with Crippen LogP contribution >= 0.6 is 23.2 Å². The molecule has 0 aliphatic carbocycles. The maximum absolute atomic E-state index is 13.6. The maximum atomic E-state index is 13.6. The molecule has 3 atom stereocenters. The van der Waals surface area contributed by atoms with E-state index in [0.29, 0.717) is 32.5 Å². The molecular formula is C19H24Cl2N2O4S. The Labute approximate surface area is 176 Å². The number of rotatable bonds is 6. The molecule has 1 amide bonds. The van der Waals surface area contributed by atoms with E-state index in [1.54, 1.807) is 18.1 Å². The molecule has 28 heavy (non-hydrogen) atoms. The van der Waals surface area contributed by atoms with Crippen LogP contribution in [0.15, 0.2) is 35.7 Å². The Morgan fingerprint density at radius 1 is 1.25 bits per heavy atom. The van der Waals surface area contributed by atoms with Crippen molar-refractivity contribution in [2.24, 2.45) is 5.92 Å². The smallest absolute Gasteiger partial charge is 0.244 e. The van der Waals surface area contributed by atoms with Gasteiger partial charge in [-0.1, -0.05) is 29.3 Å². The van der Waals surface area contributed by atoms with Crippen LogP contribution in [-0.4, -0.2) is 62.4 Å². The molecule has 2 saturated heterocycles. The fraction of sp³-hybridized carbons (Fsp3) is 0.526. The minimum absolute atomic E-state index is 0.00264. The van der Waals surface area contributed by atoms with Crippen LogP contribution in [0, 0.1) is 5.92 Å². The fourth-order valence-corrected chi connectivity index (χ4v) is 6.70. The van der Waals surface area contributed by atoms with Gasteiger partial charge in [-0.15, -0.1) is 6.58 Å². The van der Waals surface area contributed by atoms with Crippen LogP contribution in [0.25, 0.3) is 0 Å². The van der Waals surface area contributed by atoms with Crippen molar-refractivity contribution in [1.29, 1.82) is 0 Å². The molecule has 2 aliphatic rings. The van der Waals surface area contributed by atoms with E-state index in [2.05, 4.69) is 6.58 Å². The molecular weight excluding hydrogens is 423 g/mol. The van der Waals surface area contributed by atoms with Crippen LogP contribution in [0.1, 0.15) is 19.3 Å². The minimum atomic E-state index is -3.97. The number of nitrogens with zero attached hydrogens (tertiary/aromatic N) is 2. The van der Waals surface area contributed by atoms with Crippen molar-refractivity contribution in [3.05, 3.63) is 40.9 Å². The lowest BCUT2D eigenvalue weighted by Crippen LogP contribution is -2.54. The number of ether oxygens (including phenoxy) is 1. The molecule has 3 rings (SSSR count). The lowest BCUT2D eigenvalue weighted by atomic mass is 9.90. The topological polar surface area (TPSA) is 66.9 Å². The van der Waals surface area contributed by atoms with Gasteiger partial charge in [0.15, 0.2) is 0 Å². The average molecular weight is 447 g/mol. The summed E-state index contributed by atoms with van der Waals surface area (Å²) in [5.41, 5.74) is 0. The highest BCUT2D eigenvalue weighted by Crippen LogP contribution is 2.38. The third-order valence-corrected chi connectivity index (χ3v) is 7.76. The molecule has 9 heteroatoms. The highest BCUT2D eigenvalue weighted by Gasteiger charge is 2.49. The normalized spacial score (nSPS) is 26.2. The monoisotopic (exact) mass is 446 g/mol. The van der Waals surface area contributed by atoms with Gasteiger partial charge in [-0.3, -0.25) is 4.79 Å². The second kappa shape index (κ2) is 8.71. The number of methoxy groups -OCH3 is 1. The predicted octanol–water partition coefficient (Wildman–Crippen LogP) is 3.20. The summed E-state index contributed by atoms with van der Waals surface area (Å²) in [5, 5.41) is 0.471. The van der Waals surface area contributed by atoms with E-state index in [4.69, 9.17) is 27.9 Å². The van der Waals surface area contributed by atoms with Crippen LogP contribution < -0.4 is 0 Å². The summed E-state index contributed by atoms with van der Waals surface area (Å²) < 4.78 is 33.6. The maximum Gasteiger partial charge on any atom is 0.244 e. The van der Waals surface area contributed by atoms with Crippen molar-refractivity contribution < 1.29 is 17.9 Å². The van der Waals surface area contributed by atoms with E-state index in [-0.39, 0.29) is 32.8 Å². The molecule has 154 valence electrons. The molecule has 2 aliphatic heterocycles. The molecule has 1 aromatic carbocycles. The van der Waals surface area contributed by atoms with Crippen LogP contribution in [0.3, 0.4) is 0 Å². The summed E-state index contributed by atoms with van der Waals surface area (Å²) in [4.78, 5) is 14.9. The first kappa shape index (κ1) is 21.6. The molecule has 0 saturated carbocycles. The van der Waals surface area contributed by atoms with Gasteiger partial charge in [0.25, 0.3) is 0 Å². The number of benzene rings is 1. The van der Waals surface area contributed by atoms with Crippen LogP contribution in [0.2, 0.25) is 10.0 Å². The Balaban J connectivity index is 2.07.